The molecule has 1 radical (unpaired) electrons. The number of hydrogen-bond donors (Lipinski definition) is 0. The predicted octanol–water partition coefficient (Wildman–Crippen LogP) is 1.08. The van der Waals surface area contributed by atoms with Crippen molar-refractivity contribution in [1.29, 1.82) is 0 Å². The summed E-state index contributed by atoms with van der Waals surface area (Å²) in [4.78, 5) is 9.97. The third-order valence-electron chi connectivity index (χ3n) is 1.39. The Labute approximate surface area is 76.6 Å². The molecule has 0 heterocycles. The van der Waals surface area contributed by atoms with Crippen molar-refractivity contribution in [2.75, 3.05) is 0 Å². The number of hydrogen-bond acceptors (Lipinski definition) is 3. The number of carbonyl (C=O) groups excluding carboxylic acids is 1. The van der Waals surface area contributed by atoms with Crippen LogP contribution in [-0.2, 0) is 14.6 Å². The Kier molecular flexibility index (Phi) is 2.97. The van der Waals surface area contributed by atoms with E-state index in [1.54, 1.807) is 18.2 Å². The molecule has 0 aromatic heterocycles. The van der Waals surface area contributed by atoms with Crippen molar-refractivity contribution < 1.29 is 13.2 Å². The van der Waals surface area contributed by atoms with Gasteiger partial charge in [0.05, 0.1) is 4.90 Å². The van der Waals surface area contributed by atoms with E-state index in [-0.39, 0.29) is 4.90 Å². The third-order valence-corrected chi connectivity index (χ3v) is 2.81. The molecule has 0 saturated heterocycles. The summed E-state index contributed by atoms with van der Waals surface area (Å²) in [5.74, 6) is 0. The van der Waals surface area contributed by atoms with Crippen molar-refractivity contribution in [2.45, 2.75) is 4.90 Å². The van der Waals surface area contributed by atoms with E-state index in [0.717, 1.165) is 11.5 Å². The number of allylic oxidation sites excluding steroid dienone is 1. The summed E-state index contributed by atoms with van der Waals surface area (Å²) in [6, 6.07) is 7.88. The maximum atomic E-state index is 11.3. The molecule has 1 aromatic carbocycles. The van der Waals surface area contributed by atoms with Crippen LogP contribution in [0.25, 0.3) is 0 Å². The molecule has 1 rings (SSSR count). The second-order valence-corrected chi connectivity index (χ2v) is 4.11. The Morgan fingerprint density at radius 3 is 2.31 bits per heavy atom. The minimum Gasteiger partial charge on any atom is -0.286 e. The molecule has 13 heavy (non-hydrogen) atoms. The largest absolute Gasteiger partial charge is 0.286 e. The Balaban J connectivity index is 3.09. The van der Waals surface area contributed by atoms with E-state index < -0.39 is 9.84 Å². The number of rotatable bonds is 3. The molecule has 0 N–H and O–H groups in total. The average molecular weight is 195 g/mol. The van der Waals surface area contributed by atoms with Crippen molar-refractivity contribution in [3.8, 4) is 0 Å². The molecule has 0 spiro atoms. The van der Waals surface area contributed by atoms with Gasteiger partial charge in [-0.05, 0) is 12.1 Å². The van der Waals surface area contributed by atoms with Gasteiger partial charge in [-0.15, -0.1) is 0 Å². The van der Waals surface area contributed by atoms with Gasteiger partial charge in [0.25, 0.3) is 0 Å². The quantitative estimate of drug-likeness (QED) is 0.678. The molecule has 0 amide bonds. The van der Waals surface area contributed by atoms with E-state index in [0.29, 0.717) is 0 Å². The zero-order valence-corrected chi connectivity index (χ0v) is 7.49. The Bertz CT molecular complexity index is 404. The summed E-state index contributed by atoms with van der Waals surface area (Å²) in [7, 11) is -3.47. The van der Waals surface area contributed by atoms with Gasteiger partial charge in [0.1, 0.15) is 0 Å². The van der Waals surface area contributed by atoms with Crippen LogP contribution in [0.1, 0.15) is 0 Å². The lowest BCUT2D eigenvalue weighted by molar-refractivity contribution is 0.564. The number of sulfone groups is 1. The first kappa shape index (κ1) is 9.67. The fourth-order valence-electron chi connectivity index (χ4n) is 0.806. The molecular weight excluding hydrogens is 188 g/mol. The van der Waals surface area contributed by atoms with E-state index in [1.165, 1.54) is 18.4 Å². The predicted molar refractivity (Wildman–Crippen MR) is 48.5 cm³/mol. The van der Waals surface area contributed by atoms with E-state index in [1.807, 2.05) is 0 Å². The van der Waals surface area contributed by atoms with Gasteiger partial charge in [0, 0.05) is 11.5 Å². The van der Waals surface area contributed by atoms with E-state index in [4.69, 9.17) is 0 Å². The molecule has 4 heteroatoms. The normalized spacial score (nSPS) is 11.7. The Morgan fingerprint density at radius 1 is 1.15 bits per heavy atom. The SMILES string of the molecule is O=[C]/C=C/S(=O)(=O)c1ccccc1. The van der Waals surface area contributed by atoms with Crippen LogP contribution < -0.4 is 0 Å². The van der Waals surface area contributed by atoms with Crippen LogP contribution in [0.3, 0.4) is 0 Å². The highest BCUT2D eigenvalue weighted by molar-refractivity contribution is 7.94. The fraction of sp³-hybridized carbons (Fsp3) is 0. The Morgan fingerprint density at radius 2 is 1.77 bits per heavy atom. The lowest BCUT2D eigenvalue weighted by atomic mass is 10.4. The summed E-state index contributed by atoms with van der Waals surface area (Å²) in [6.45, 7) is 0. The van der Waals surface area contributed by atoms with Gasteiger partial charge in [-0.1, -0.05) is 18.2 Å². The monoisotopic (exact) mass is 195 g/mol. The lowest BCUT2D eigenvalue weighted by Gasteiger charge is -1.95. The van der Waals surface area contributed by atoms with Crippen molar-refractivity contribution in [3.63, 3.8) is 0 Å². The highest BCUT2D eigenvalue weighted by Crippen LogP contribution is 2.10. The summed E-state index contributed by atoms with van der Waals surface area (Å²) in [5.41, 5.74) is 0. The van der Waals surface area contributed by atoms with Crippen LogP contribution in [0.5, 0.6) is 0 Å². The molecule has 67 valence electrons. The van der Waals surface area contributed by atoms with Gasteiger partial charge in [0.15, 0.2) is 9.84 Å². The molecule has 0 unspecified atom stereocenters. The molecule has 0 saturated carbocycles. The van der Waals surface area contributed by atoms with E-state index in [9.17, 15) is 13.2 Å². The van der Waals surface area contributed by atoms with E-state index >= 15 is 0 Å². The first-order valence-corrected chi connectivity index (χ1v) is 5.06. The average Bonchev–Trinajstić information content (AvgIpc) is 2.16. The number of benzene rings is 1. The lowest BCUT2D eigenvalue weighted by Crippen LogP contribution is -1.95. The summed E-state index contributed by atoms with van der Waals surface area (Å²) < 4.78 is 22.7. The fourth-order valence-corrected chi connectivity index (χ4v) is 1.73. The second kappa shape index (κ2) is 4.00. The highest BCUT2D eigenvalue weighted by atomic mass is 32.2. The molecule has 0 aliphatic rings. The zero-order valence-electron chi connectivity index (χ0n) is 6.67. The van der Waals surface area contributed by atoms with Crippen LogP contribution in [0, 0.1) is 0 Å². The van der Waals surface area contributed by atoms with Gasteiger partial charge in [-0.3, -0.25) is 4.79 Å². The van der Waals surface area contributed by atoms with Crippen LogP contribution in [0.4, 0.5) is 0 Å². The maximum absolute atomic E-state index is 11.3. The topological polar surface area (TPSA) is 51.2 Å². The van der Waals surface area contributed by atoms with Crippen LogP contribution >= 0.6 is 0 Å². The first-order chi connectivity index (χ1) is 6.17. The molecule has 0 atom stereocenters. The smallest absolute Gasteiger partial charge is 0.226 e. The highest BCUT2D eigenvalue weighted by Gasteiger charge is 2.07. The second-order valence-electron chi connectivity index (χ2n) is 2.28. The Hall–Kier alpha value is -1.42. The minimum absolute atomic E-state index is 0.168. The van der Waals surface area contributed by atoms with Crippen LogP contribution in [0.2, 0.25) is 0 Å². The first-order valence-electron chi connectivity index (χ1n) is 3.51. The third kappa shape index (κ3) is 2.52. The molecule has 0 aliphatic heterocycles. The summed E-state index contributed by atoms with van der Waals surface area (Å²) in [5, 5.41) is 0.829. The summed E-state index contributed by atoms with van der Waals surface area (Å²) >= 11 is 0. The van der Waals surface area contributed by atoms with Crippen LogP contribution in [0.15, 0.2) is 46.7 Å². The van der Waals surface area contributed by atoms with Gasteiger partial charge in [-0.25, -0.2) is 8.42 Å². The molecule has 3 nitrogen and oxygen atoms in total. The molecule has 0 fully saturated rings. The van der Waals surface area contributed by atoms with Crippen molar-refractivity contribution >= 4 is 16.1 Å². The maximum Gasteiger partial charge on any atom is 0.226 e. The standard InChI is InChI=1S/C9H7O3S/c10-7-4-8-13(11,12)9-5-2-1-3-6-9/h1-6,8H/b8-4+. The van der Waals surface area contributed by atoms with Gasteiger partial charge >= 0.3 is 0 Å². The van der Waals surface area contributed by atoms with Gasteiger partial charge < -0.3 is 0 Å². The van der Waals surface area contributed by atoms with Gasteiger partial charge in [0.2, 0.25) is 6.29 Å². The summed E-state index contributed by atoms with van der Waals surface area (Å²) in [6.07, 6.45) is 2.22. The van der Waals surface area contributed by atoms with Crippen molar-refractivity contribution in [1.82, 2.24) is 0 Å². The van der Waals surface area contributed by atoms with Crippen molar-refractivity contribution in [2.24, 2.45) is 0 Å². The minimum atomic E-state index is -3.47. The zero-order chi connectivity index (χ0) is 9.73. The molecule has 1 aromatic rings. The molecular formula is C9H7O3S. The van der Waals surface area contributed by atoms with Gasteiger partial charge in [-0.2, -0.15) is 0 Å². The molecule has 0 aliphatic carbocycles. The molecule has 0 bridgehead atoms. The van der Waals surface area contributed by atoms with Crippen molar-refractivity contribution in [3.05, 3.63) is 41.8 Å². The van der Waals surface area contributed by atoms with E-state index in [2.05, 4.69) is 0 Å². The van der Waals surface area contributed by atoms with Crippen LogP contribution in [-0.4, -0.2) is 14.7 Å².